The van der Waals surface area contributed by atoms with Crippen LogP contribution in [-0.4, -0.2) is 71.3 Å². The van der Waals surface area contributed by atoms with Gasteiger partial charge in [-0.25, -0.2) is 0 Å². The first-order valence-corrected chi connectivity index (χ1v) is 11.3. The number of nitrogens with zero attached hydrogens (tertiary/aromatic N) is 4. The summed E-state index contributed by atoms with van der Waals surface area (Å²) in [4.78, 5) is 25.6. The molecule has 1 aliphatic heterocycles. The van der Waals surface area contributed by atoms with Gasteiger partial charge in [-0.05, 0) is 56.6 Å². The number of likely N-dealkylation sites (N-methyl/N-ethyl adjacent to an activating group) is 1. The lowest BCUT2D eigenvalue weighted by molar-refractivity contribution is 0.0264. The van der Waals surface area contributed by atoms with Crippen LogP contribution in [0.1, 0.15) is 28.9 Å². The van der Waals surface area contributed by atoms with E-state index in [-0.39, 0.29) is 12.5 Å². The maximum atomic E-state index is 13.0. The smallest absolute Gasteiger partial charge is 0.253 e. The van der Waals surface area contributed by atoms with Crippen molar-refractivity contribution < 1.29 is 14.6 Å². The standard InChI is InChI=1S/C25H31N5O3/c1-18-13-23(21-15-27-10-7-22(21)28-18)30-11-8-25(32,17-30)16-29(2)24(31)19-5-3-6-20(14-19)33-12-4-9-26/h3,5-7,10,13-15,32H,4,8-9,11-12,16-17,26H2,1-2H3/t25-/m0/s1. The number of aromatic nitrogens is 2. The van der Waals surface area contributed by atoms with Crippen molar-refractivity contribution in [2.24, 2.45) is 5.73 Å². The summed E-state index contributed by atoms with van der Waals surface area (Å²) in [6.07, 6.45) is 4.87. The van der Waals surface area contributed by atoms with Crippen LogP contribution in [-0.2, 0) is 0 Å². The molecule has 4 rings (SSSR count). The maximum Gasteiger partial charge on any atom is 0.253 e. The van der Waals surface area contributed by atoms with E-state index in [9.17, 15) is 9.90 Å². The van der Waals surface area contributed by atoms with E-state index in [0.717, 1.165) is 28.7 Å². The van der Waals surface area contributed by atoms with Gasteiger partial charge in [0.1, 0.15) is 11.4 Å². The second kappa shape index (κ2) is 9.72. The number of ether oxygens (including phenoxy) is 1. The number of nitrogens with two attached hydrogens (primary N) is 1. The summed E-state index contributed by atoms with van der Waals surface area (Å²) in [5.41, 5.74) is 7.84. The van der Waals surface area contributed by atoms with E-state index in [4.69, 9.17) is 10.5 Å². The molecule has 8 nitrogen and oxygen atoms in total. The topological polar surface area (TPSA) is 105 Å². The number of aliphatic hydroxyl groups is 1. The van der Waals surface area contributed by atoms with E-state index < -0.39 is 5.60 Å². The van der Waals surface area contributed by atoms with Gasteiger partial charge in [-0.3, -0.25) is 14.8 Å². The number of benzene rings is 1. The Morgan fingerprint density at radius 3 is 3.00 bits per heavy atom. The molecule has 1 amide bonds. The number of carbonyl (C=O) groups is 1. The van der Waals surface area contributed by atoms with Crippen LogP contribution in [0, 0.1) is 6.92 Å². The molecule has 0 spiro atoms. The average molecular weight is 450 g/mol. The molecule has 0 unspecified atom stereocenters. The predicted molar refractivity (Wildman–Crippen MR) is 129 cm³/mol. The number of pyridine rings is 2. The lowest BCUT2D eigenvalue weighted by Crippen LogP contribution is -2.45. The van der Waals surface area contributed by atoms with Crippen molar-refractivity contribution in [1.82, 2.24) is 14.9 Å². The zero-order valence-electron chi connectivity index (χ0n) is 19.2. The first-order valence-electron chi connectivity index (χ1n) is 11.3. The van der Waals surface area contributed by atoms with Gasteiger partial charge in [0.15, 0.2) is 0 Å². The van der Waals surface area contributed by atoms with Gasteiger partial charge < -0.3 is 25.4 Å². The van der Waals surface area contributed by atoms with E-state index in [1.807, 2.05) is 31.3 Å². The van der Waals surface area contributed by atoms with E-state index in [1.54, 1.807) is 36.3 Å². The molecule has 1 atom stereocenters. The van der Waals surface area contributed by atoms with Gasteiger partial charge in [0.05, 0.1) is 18.7 Å². The summed E-state index contributed by atoms with van der Waals surface area (Å²) in [5.74, 6) is 0.488. The highest BCUT2D eigenvalue weighted by atomic mass is 16.5. The molecule has 0 aliphatic carbocycles. The molecule has 0 saturated carbocycles. The first kappa shape index (κ1) is 22.9. The molecule has 1 saturated heterocycles. The molecule has 3 aromatic rings. The zero-order chi connectivity index (χ0) is 23.4. The molecule has 1 fully saturated rings. The van der Waals surface area contributed by atoms with Gasteiger partial charge in [0.25, 0.3) is 5.91 Å². The third-order valence-electron chi connectivity index (χ3n) is 5.97. The number of rotatable bonds is 8. The van der Waals surface area contributed by atoms with Crippen molar-refractivity contribution in [2.75, 3.05) is 44.7 Å². The van der Waals surface area contributed by atoms with Gasteiger partial charge in [-0.1, -0.05) is 6.07 Å². The fraction of sp³-hybridized carbons (Fsp3) is 0.400. The quantitative estimate of drug-likeness (QED) is 0.509. The number of hydrogen-bond acceptors (Lipinski definition) is 7. The number of β-amino-alcohol motifs (C(OH)–C–C–N with tert-alkyl or cyclic N) is 1. The lowest BCUT2D eigenvalue weighted by Gasteiger charge is -2.30. The second-order valence-electron chi connectivity index (χ2n) is 8.75. The number of aryl methyl sites for hydroxylation is 1. The first-order chi connectivity index (χ1) is 15.9. The van der Waals surface area contributed by atoms with Crippen LogP contribution in [0.2, 0.25) is 0 Å². The van der Waals surface area contributed by atoms with Crippen LogP contribution in [0.5, 0.6) is 5.75 Å². The largest absolute Gasteiger partial charge is 0.494 e. The number of anilines is 1. The van der Waals surface area contributed by atoms with Crippen molar-refractivity contribution in [2.45, 2.75) is 25.4 Å². The molecule has 3 heterocycles. The maximum absolute atomic E-state index is 13.0. The van der Waals surface area contributed by atoms with E-state index in [1.165, 1.54) is 0 Å². The van der Waals surface area contributed by atoms with Gasteiger partial charge in [-0.2, -0.15) is 0 Å². The summed E-state index contributed by atoms with van der Waals surface area (Å²) in [6, 6.07) is 11.0. The number of fused-ring (bicyclic) bond motifs is 1. The highest BCUT2D eigenvalue weighted by molar-refractivity contribution is 5.94. The summed E-state index contributed by atoms with van der Waals surface area (Å²) >= 11 is 0. The molecule has 1 aromatic carbocycles. The molecule has 174 valence electrons. The van der Waals surface area contributed by atoms with E-state index >= 15 is 0 Å². The Balaban J connectivity index is 1.45. The van der Waals surface area contributed by atoms with Crippen molar-refractivity contribution >= 4 is 22.5 Å². The number of hydrogen-bond donors (Lipinski definition) is 2. The molecular weight excluding hydrogens is 418 g/mol. The highest BCUT2D eigenvalue weighted by Crippen LogP contribution is 2.32. The van der Waals surface area contributed by atoms with Crippen LogP contribution in [0.4, 0.5) is 5.69 Å². The SMILES string of the molecule is Cc1cc(N2CC[C@](O)(CN(C)C(=O)c3cccc(OCCCN)c3)C2)c2cnccc2n1. The Bertz CT molecular complexity index is 1140. The molecular formula is C25H31N5O3. The summed E-state index contributed by atoms with van der Waals surface area (Å²) < 4.78 is 5.66. The van der Waals surface area contributed by atoms with Crippen molar-refractivity contribution in [3.63, 3.8) is 0 Å². The summed E-state index contributed by atoms with van der Waals surface area (Å²) in [7, 11) is 1.72. The molecule has 0 radical (unpaired) electrons. The molecule has 1 aliphatic rings. The second-order valence-corrected chi connectivity index (χ2v) is 8.75. The zero-order valence-corrected chi connectivity index (χ0v) is 19.2. The number of carbonyl (C=O) groups excluding carboxylic acids is 1. The third-order valence-corrected chi connectivity index (χ3v) is 5.97. The normalized spacial score (nSPS) is 18.0. The molecule has 3 N–H and O–H groups in total. The van der Waals surface area contributed by atoms with Gasteiger partial charge in [0.2, 0.25) is 0 Å². The van der Waals surface area contributed by atoms with Crippen LogP contribution < -0.4 is 15.4 Å². The van der Waals surface area contributed by atoms with Crippen molar-refractivity contribution in [3.8, 4) is 5.75 Å². The fourth-order valence-corrected chi connectivity index (χ4v) is 4.36. The fourth-order valence-electron chi connectivity index (χ4n) is 4.36. The van der Waals surface area contributed by atoms with Crippen LogP contribution in [0.25, 0.3) is 10.9 Å². The molecule has 2 aromatic heterocycles. The monoisotopic (exact) mass is 449 g/mol. The Morgan fingerprint density at radius 2 is 2.18 bits per heavy atom. The minimum atomic E-state index is -1.01. The lowest BCUT2D eigenvalue weighted by atomic mass is 10.0. The Kier molecular flexibility index (Phi) is 6.76. The Hall–Kier alpha value is -3.23. The third kappa shape index (κ3) is 5.23. The average Bonchev–Trinajstić information content (AvgIpc) is 3.19. The minimum Gasteiger partial charge on any atom is -0.494 e. The van der Waals surface area contributed by atoms with E-state index in [0.29, 0.717) is 44.0 Å². The Labute approximate surface area is 194 Å². The van der Waals surface area contributed by atoms with Crippen molar-refractivity contribution in [3.05, 3.63) is 60.0 Å². The van der Waals surface area contributed by atoms with Crippen LogP contribution in [0.3, 0.4) is 0 Å². The predicted octanol–water partition coefficient (Wildman–Crippen LogP) is 2.38. The highest BCUT2D eigenvalue weighted by Gasteiger charge is 2.38. The van der Waals surface area contributed by atoms with Crippen molar-refractivity contribution in [1.29, 1.82) is 0 Å². The number of amides is 1. The van der Waals surface area contributed by atoms with Crippen LogP contribution in [0.15, 0.2) is 48.8 Å². The van der Waals surface area contributed by atoms with E-state index in [2.05, 4.69) is 14.9 Å². The van der Waals surface area contributed by atoms with Crippen LogP contribution >= 0.6 is 0 Å². The summed E-state index contributed by atoms with van der Waals surface area (Å²) in [6.45, 7) is 4.39. The van der Waals surface area contributed by atoms with Gasteiger partial charge in [-0.15, -0.1) is 0 Å². The summed E-state index contributed by atoms with van der Waals surface area (Å²) in [5, 5.41) is 12.3. The minimum absolute atomic E-state index is 0.152. The molecule has 8 heteroatoms. The molecule has 0 bridgehead atoms. The van der Waals surface area contributed by atoms with Gasteiger partial charge >= 0.3 is 0 Å². The Morgan fingerprint density at radius 1 is 1.33 bits per heavy atom. The molecule has 33 heavy (non-hydrogen) atoms. The van der Waals surface area contributed by atoms with Gasteiger partial charge in [0, 0.05) is 54.9 Å².